The Hall–Kier alpha value is -2.67. The average Bonchev–Trinajstić information content (AvgIpc) is 3.05. The number of aromatic nitrogens is 2. The fourth-order valence-electron chi connectivity index (χ4n) is 2.54. The van der Waals surface area contributed by atoms with Gasteiger partial charge in [0.2, 0.25) is 0 Å². The van der Waals surface area contributed by atoms with Crippen LogP contribution in [0.15, 0.2) is 42.7 Å². The first-order chi connectivity index (χ1) is 11.6. The summed E-state index contributed by atoms with van der Waals surface area (Å²) in [5, 5.41) is 5.72. The molecule has 0 unspecified atom stereocenters. The summed E-state index contributed by atoms with van der Waals surface area (Å²) in [7, 11) is 0. The number of halogens is 1. The van der Waals surface area contributed by atoms with Gasteiger partial charge in [0.25, 0.3) is 5.91 Å². The highest BCUT2D eigenvalue weighted by Crippen LogP contribution is 2.18. The standard InChI is InChI=1S/C16H16ClN5O2/c17-14-12(5-3-8-19-14)21-16(24)20-11-6-9-22(10-11)15(23)13-4-1-2-7-18-13/h1-5,7-8,11H,6,9-10H2,(H2,20,21,24)/t11-/m0/s1. The second-order valence-corrected chi connectivity index (χ2v) is 5.75. The van der Waals surface area contributed by atoms with Gasteiger partial charge in [0, 0.05) is 31.5 Å². The zero-order chi connectivity index (χ0) is 16.9. The van der Waals surface area contributed by atoms with Crippen LogP contribution in [0, 0.1) is 0 Å². The van der Waals surface area contributed by atoms with Gasteiger partial charge in [-0.1, -0.05) is 17.7 Å². The maximum atomic E-state index is 12.3. The molecule has 3 rings (SSSR count). The molecule has 1 atom stereocenters. The smallest absolute Gasteiger partial charge is 0.319 e. The van der Waals surface area contributed by atoms with Crippen LogP contribution in [0.4, 0.5) is 10.5 Å². The van der Waals surface area contributed by atoms with Crippen LogP contribution in [0.5, 0.6) is 0 Å². The Morgan fingerprint density at radius 3 is 2.75 bits per heavy atom. The van der Waals surface area contributed by atoms with E-state index in [0.717, 1.165) is 0 Å². The van der Waals surface area contributed by atoms with E-state index in [9.17, 15) is 9.59 Å². The number of hydrogen-bond acceptors (Lipinski definition) is 4. The summed E-state index contributed by atoms with van der Waals surface area (Å²) in [4.78, 5) is 34.0. The molecule has 1 fully saturated rings. The van der Waals surface area contributed by atoms with Crippen molar-refractivity contribution in [1.82, 2.24) is 20.2 Å². The van der Waals surface area contributed by atoms with Gasteiger partial charge in [-0.2, -0.15) is 0 Å². The Labute approximate surface area is 144 Å². The lowest BCUT2D eigenvalue weighted by molar-refractivity contribution is 0.0783. The van der Waals surface area contributed by atoms with E-state index in [0.29, 0.717) is 30.9 Å². The van der Waals surface area contributed by atoms with Gasteiger partial charge < -0.3 is 15.5 Å². The van der Waals surface area contributed by atoms with E-state index in [1.54, 1.807) is 47.6 Å². The van der Waals surface area contributed by atoms with Crippen molar-refractivity contribution in [3.05, 3.63) is 53.6 Å². The Balaban J connectivity index is 1.54. The van der Waals surface area contributed by atoms with Crippen molar-refractivity contribution in [1.29, 1.82) is 0 Å². The summed E-state index contributed by atoms with van der Waals surface area (Å²) < 4.78 is 0. The molecule has 3 amide bonds. The Morgan fingerprint density at radius 1 is 1.17 bits per heavy atom. The molecule has 24 heavy (non-hydrogen) atoms. The van der Waals surface area contributed by atoms with Gasteiger partial charge in [0.1, 0.15) is 5.69 Å². The van der Waals surface area contributed by atoms with Gasteiger partial charge in [-0.05, 0) is 30.7 Å². The lowest BCUT2D eigenvalue weighted by atomic mass is 10.3. The first-order valence-electron chi connectivity index (χ1n) is 7.52. The van der Waals surface area contributed by atoms with E-state index in [1.807, 2.05) is 0 Å². The van der Waals surface area contributed by atoms with Crippen molar-refractivity contribution in [3.8, 4) is 0 Å². The van der Waals surface area contributed by atoms with E-state index in [-0.39, 0.29) is 23.1 Å². The molecule has 0 aliphatic carbocycles. The minimum atomic E-state index is -0.373. The van der Waals surface area contributed by atoms with Crippen molar-refractivity contribution >= 4 is 29.2 Å². The molecule has 7 nitrogen and oxygen atoms in total. The van der Waals surface area contributed by atoms with Crippen LogP contribution in [0.3, 0.4) is 0 Å². The molecule has 1 saturated heterocycles. The lowest BCUT2D eigenvalue weighted by Crippen LogP contribution is -2.40. The predicted molar refractivity (Wildman–Crippen MR) is 89.9 cm³/mol. The highest BCUT2D eigenvalue weighted by molar-refractivity contribution is 6.32. The highest BCUT2D eigenvalue weighted by atomic mass is 35.5. The van der Waals surface area contributed by atoms with Gasteiger partial charge >= 0.3 is 6.03 Å². The topological polar surface area (TPSA) is 87.2 Å². The molecular formula is C16H16ClN5O2. The van der Waals surface area contributed by atoms with Crippen LogP contribution >= 0.6 is 11.6 Å². The first kappa shape index (κ1) is 16.2. The van der Waals surface area contributed by atoms with Crippen LogP contribution in [0.1, 0.15) is 16.9 Å². The van der Waals surface area contributed by atoms with Gasteiger partial charge in [-0.15, -0.1) is 0 Å². The molecule has 8 heteroatoms. The number of carbonyl (C=O) groups is 2. The van der Waals surface area contributed by atoms with Gasteiger partial charge in [-0.25, -0.2) is 9.78 Å². The van der Waals surface area contributed by atoms with Crippen molar-refractivity contribution < 1.29 is 9.59 Å². The van der Waals surface area contributed by atoms with Crippen molar-refractivity contribution in [2.75, 3.05) is 18.4 Å². The third-order valence-corrected chi connectivity index (χ3v) is 4.00. The zero-order valence-corrected chi connectivity index (χ0v) is 13.5. The molecule has 1 aliphatic heterocycles. The first-order valence-corrected chi connectivity index (χ1v) is 7.89. The Morgan fingerprint density at radius 2 is 2.00 bits per heavy atom. The second kappa shape index (κ2) is 7.27. The number of hydrogen-bond donors (Lipinski definition) is 2. The van der Waals surface area contributed by atoms with E-state index in [2.05, 4.69) is 20.6 Å². The van der Waals surface area contributed by atoms with E-state index < -0.39 is 0 Å². The van der Waals surface area contributed by atoms with Gasteiger partial charge in [-0.3, -0.25) is 9.78 Å². The van der Waals surface area contributed by atoms with Crippen LogP contribution in [-0.4, -0.2) is 45.9 Å². The quantitative estimate of drug-likeness (QED) is 0.834. The number of anilines is 1. The maximum absolute atomic E-state index is 12.3. The molecule has 124 valence electrons. The number of likely N-dealkylation sites (tertiary alicyclic amines) is 1. The summed E-state index contributed by atoms with van der Waals surface area (Å²) in [6.45, 7) is 1.03. The number of amides is 3. The zero-order valence-electron chi connectivity index (χ0n) is 12.8. The fraction of sp³-hybridized carbons (Fsp3) is 0.250. The molecule has 3 heterocycles. The summed E-state index contributed by atoms with van der Waals surface area (Å²) in [5.74, 6) is -0.129. The van der Waals surface area contributed by atoms with E-state index in [1.165, 1.54) is 0 Å². The average molecular weight is 346 g/mol. The van der Waals surface area contributed by atoms with Crippen molar-refractivity contribution in [2.45, 2.75) is 12.5 Å². The van der Waals surface area contributed by atoms with Crippen LogP contribution in [0.2, 0.25) is 5.15 Å². The molecule has 0 spiro atoms. The number of nitrogens with one attached hydrogen (secondary N) is 2. The van der Waals surface area contributed by atoms with Crippen LogP contribution < -0.4 is 10.6 Å². The van der Waals surface area contributed by atoms with Gasteiger partial charge in [0.05, 0.1) is 5.69 Å². The second-order valence-electron chi connectivity index (χ2n) is 5.39. The van der Waals surface area contributed by atoms with Crippen molar-refractivity contribution in [3.63, 3.8) is 0 Å². The monoisotopic (exact) mass is 345 g/mol. The molecule has 0 bridgehead atoms. The van der Waals surface area contributed by atoms with E-state index >= 15 is 0 Å². The fourth-order valence-corrected chi connectivity index (χ4v) is 2.70. The van der Waals surface area contributed by atoms with Crippen LogP contribution in [-0.2, 0) is 0 Å². The molecule has 2 aromatic heterocycles. The predicted octanol–water partition coefficient (Wildman–Crippen LogP) is 2.17. The third-order valence-electron chi connectivity index (χ3n) is 3.70. The molecule has 1 aliphatic rings. The SMILES string of the molecule is O=C(Nc1cccnc1Cl)N[C@H]1CCN(C(=O)c2ccccn2)C1. The number of nitrogens with zero attached hydrogens (tertiary/aromatic N) is 3. The summed E-state index contributed by atoms with van der Waals surface area (Å²) in [6, 6.07) is 8.08. The molecular weight excluding hydrogens is 330 g/mol. The normalized spacial score (nSPS) is 16.7. The lowest BCUT2D eigenvalue weighted by Gasteiger charge is -2.17. The number of carbonyl (C=O) groups excluding carboxylic acids is 2. The summed E-state index contributed by atoms with van der Waals surface area (Å²) in [5.41, 5.74) is 0.848. The molecule has 0 radical (unpaired) electrons. The summed E-state index contributed by atoms with van der Waals surface area (Å²) >= 11 is 5.90. The minimum Gasteiger partial charge on any atom is -0.335 e. The highest BCUT2D eigenvalue weighted by Gasteiger charge is 2.28. The largest absolute Gasteiger partial charge is 0.335 e. The maximum Gasteiger partial charge on any atom is 0.319 e. The molecule has 2 aromatic rings. The Kier molecular flexibility index (Phi) is 4.90. The Bertz CT molecular complexity index is 740. The van der Waals surface area contributed by atoms with E-state index in [4.69, 9.17) is 11.6 Å². The molecule has 0 aromatic carbocycles. The van der Waals surface area contributed by atoms with Gasteiger partial charge in [0.15, 0.2) is 5.15 Å². The number of urea groups is 1. The molecule has 0 saturated carbocycles. The van der Waals surface area contributed by atoms with Crippen LogP contribution in [0.25, 0.3) is 0 Å². The molecule has 2 N–H and O–H groups in total. The number of rotatable bonds is 3. The summed E-state index contributed by atoms with van der Waals surface area (Å²) in [6.07, 6.45) is 3.82. The van der Waals surface area contributed by atoms with Crippen molar-refractivity contribution in [2.24, 2.45) is 0 Å². The minimum absolute atomic E-state index is 0.117. The number of pyridine rings is 2. The third kappa shape index (κ3) is 3.80.